The Balaban J connectivity index is 2.16. The van der Waals surface area contributed by atoms with Gasteiger partial charge < -0.3 is 5.32 Å². The second kappa shape index (κ2) is 5.16. The lowest BCUT2D eigenvalue weighted by molar-refractivity contribution is 0.0948. The van der Waals surface area contributed by atoms with Gasteiger partial charge >= 0.3 is 0 Å². The second-order valence-corrected chi connectivity index (χ2v) is 5.43. The summed E-state index contributed by atoms with van der Waals surface area (Å²) in [6, 6.07) is 10.0. The van der Waals surface area contributed by atoms with Crippen LogP contribution in [0, 0.1) is 6.92 Å². The van der Waals surface area contributed by atoms with Crippen LogP contribution in [0.2, 0.25) is 0 Å². The fourth-order valence-electron chi connectivity index (χ4n) is 2.48. The molecule has 21 heavy (non-hydrogen) atoms. The fraction of sp³-hybridized carbons (Fsp3) is 0.312. The van der Waals surface area contributed by atoms with Crippen LogP contribution in [0.1, 0.15) is 41.6 Å². The molecule has 0 atom stereocenters. The lowest BCUT2D eigenvalue weighted by atomic mass is 10.1. The molecular formula is C16H18N4O. The van der Waals surface area contributed by atoms with Gasteiger partial charge in [-0.25, -0.2) is 4.99 Å². The van der Waals surface area contributed by atoms with Crippen molar-refractivity contribution in [2.45, 2.75) is 26.8 Å². The Bertz CT molecular complexity index is 713. The van der Waals surface area contributed by atoms with Gasteiger partial charge in [0.25, 0.3) is 5.91 Å². The zero-order chi connectivity index (χ0) is 15.0. The second-order valence-electron chi connectivity index (χ2n) is 5.43. The predicted molar refractivity (Wildman–Crippen MR) is 82.3 cm³/mol. The van der Waals surface area contributed by atoms with Crippen molar-refractivity contribution in [1.29, 1.82) is 0 Å². The largest absolute Gasteiger partial charge is 0.345 e. The van der Waals surface area contributed by atoms with E-state index in [-0.39, 0.29) is 11.9 Å². The van der Waals surface area contributed by atoms with E-state index in [9.17, 15) is 4.79 Å². The van der Waals surface area contributed by atoms with Crippen LogP contribution >= 0.6 is 0 Å². The Morgan fingerprint density at radius 2 is 1.95 bits per heavy atom. The number of fused-ring (bicyclic) bond motifs is 1. The SMILES string of the molecule is Cc1nn(C(C)C)c2c1N=C(c1ccccc1)CNC2=O. The number of carbonyl (C=O) groups excluding carboxylic acids is 1. The fourth-order valence-corrected chi connectivity index (χ4v) is 2.48. The molecule has 0 saturated heterocycles. The zero-order valence-corrected chi connectivity index (χ0v) is 12.4. The van der Waals surface area contributed by atoms with Crippen molar-refractivity contribution in [3.05, 3.63) is 47.3 Å². The molecule has 1 N–H and O–H groups in total. The Hall–Kier alpha value is -2.43. The van der Waals surface area contributed by atoms with E-state index in [1.165, 1.54) is 0 Å². The van der Waals surface area contributed by atoms with Crippen LogP contribution in [-0.2, 0) is 0 Å². The minimum absolute atomic E-state index is 0.117. The molecule has 0 bridgehead atoms. The normalized spacial score (nSPS) is 14.5. The first-order chi connectivity index (χ1) is 10.1. The molecule has 1 aromatic heterocycles. The Morgan fingerprint density at radius 1 is 1.24 bits per heavy atom. The summed E-state index contributed by atoms with van der Waals surface area (Å²) >= 11 is 0. The number of hydrogen-bond acceptors (Lipinski definition) is 3. The van der Waals surface area contributed by atoms with E-state index in [0.717, 1.165) is 17.0 Å². The third-order valence-electron chi connectivity index (χ3n) is 3.53. The molecule has 0 fully saturated rings. The molecule has 1 amide bonds. The van der Waals surface area contributed by atoms with Gasteiger partial charge in [-0.05, 0) is 26.3 Å². The molecule has 5 nitrogen and oxygen atoms in total. The number of amides is 1. The molecule has 108 valence electrons. The highest BCUT2D eigenvalue weighted by atomic mass is 16.2. The van der Waals surface area contributed by atoms with E-state index in [1.807, 2.05) is 51.1 Å². The van der Waals surface area contributed by atoms with Gasteiger partial charge in [0.15, 0.2) is 5.69 Å². The van der Waals surface area contributed by atoms with Crippen LogP contribution in [0.5, 0.6) is 0 Å². The first-order valence-electron chi connectivity index (χ1n) is 7.08. The van der Waals surface area contributed by atoms with Crippen molar-refractivity contribution >= 4 is 17.3 Å². The molecule has 1 aliphatic heterocycles. The molecule has 0 unspecified atom stereocenters. The molecule has 5 heteroatoms. The van der Waals surface area contributed by atoms with Gasteiger partial charge in [0, 0.05) is 6.04 Å². The summed E-state index contributed by atoms with van der Waals surface area (Å²) in [6.45, 7) is 6.33. The molecule has 2 aromatic rings. The third kappa shape index (κ3) is 2.35. The van der Waals surface area contributed by atoms with Gasteiger partial charge in [0.05, 0.1) is 18.0 Å². The van der Waals surface area contributed by atoms with E-state index in [4.69, 9.17) is 4.99 Å². The van der Waals surface area contributed by atoms with E-state index in [2.05, 4.69) is 10.4 Å². The average molecular weight is 282 g/mol. The first kappa shape index (κ1) is 13.5. The number of carbonyl (C=O) groups is 1. The average Bonchev–Trinajstić information content (AvgIpc) is 2.70. The van der Waals surface area contributed by atoms with Crippen LogP contribution in [0.15, 0.2) is 35.3 Å². The summed E-state index contributed by atoms with van der Waals surface area (Å²) in [5.74, 6) is -0.117. The number of nitrogens with zero attached hydrogens (tertiary/aromatic N) is 3. The number of nitrogens with one attached hydrogen (secondary N) is 1. The lowest BCUT2D eigenvalue weighted by Gasteiger charge is -2.09. The maximum atomic E-state index is 12.4. The predicted octanol–water partition coefficient (Wildman–Crippen LogP) is 2.64. The first-order valence-corrected chi connectivity index (χ1v) is 7.08. The Morgan fingerprint density at radius 3 is 2.62 bits per heavy atom. The van der Waals surface area contributed by atoms with Gasteiger partial charge in [-0.1, -0.05) is 30.3 Å². The van der Waals surface area contributed by atoms with Crippen molar-refractivity contribution < 1.29 is 4.79 Å². The van der Waals surface area contributed by atoms with Gasteiger partial charge in [0.1, 0.15) is 5.69 Å². The topological polar surface area (TPSA) is 59.3 Å². The zero-order valence-electron chi connectivity index (χ0n) is 12.4. The molecule has 2 heterocycles. The Labute approximate surface area is 123 Å². The van der Waals surface area contributed by atoms with Crippen molar-refractivity contribution in [2.75, 3.05) is 6.54 Å². The summed E-state index contributed by atoms with van der Waals surface area (Å²) in [7, 11) is 0. The van der Waals surface area contributed by atoms with E-state index in [0.29, 0.717) is 17.9 Å². The van der Waals surface area contributed by atoms with Crippen molar-refractivity contribution in [2.24, 2.45) is 4.99 Å². The van der Waals surface area contributed by atoms with Crippen LogP contribution in [0.4, 0.5) is 5.69 Å². The van der Waals surface area contributed by atoms with Crippen molar-refractivity contribution in [3.63, 3.8) is 0 Å². The van der Waals surface area contributed by atoms with Crippen LogP contribution < -0.4 is 5.32 Å². The summed E-state index contributed by atoms with van der Waals surface area (Å²) < 4.78 is 1.75. The smallest absolute Gasteiger partial charge is 0.272 e. The summed E-state index contributed by atoms with van der Waals surface area (Å²) in [4.78, 5) is 17.1. The highest BCUT2D eigenvalue weighted by molar-refractivity contribution is 6.10. The van der Waals surface area contributed by atoms with Gasteiger partial charge in [-0.15, -0.1) is 0 Å². The number of aryl methyl sites for hydroxylation is 1. The highest BCUT2D eigenvalue weighted by Crippen LogP contribution is 2.28. The van der Waals surface area contributed by atoms with Crippen molar-refractivity contribution in [3.8, 4) is 0 Å². The molecule has 0 saturated carbocycles. The van der Waals surface area contributed by atoms with Crippen molar-refractivity contribution in [1.82, 2.24) is 15.1 Å². The van der Waals surface area contributed by atoms with E-state index < -0.39 is 0 Å². The molecular weight excluding hydrogens is 264 g/mol. The van der Waals surface area contributed by atoms with Crippen LogP contribution in [-0.4, -0.2) is 27.9 Å². The lowest BCUT2D eigenvalue weighted by Crippen LogP contribution is -2.30. The van der Waals surface area contributed by atoms with Gasteiger partial charge in [0.2, 0.25) is 0 Å². The number of hydrogen-bond donors (Lipinski definition) is 1. The van der Waals surface area contributed by atoms with Gasteiger partial charge in [-0.2, -0.15) is 5.10 Å². The Kier molecular flexibility index (Phi) is 3.33. The molecule has 0 aliphatic carbocycles. The molecule has 0 radical (unpaired) electrons. The number of aliphatic imine (C=N–C) groups is 1. The third-order valence-corrected chi connectivity index (χ3v) is 3.53. The van der Waals surface area contributed by atoms with Crippen LogP contribution in [0.25, 0.3) is 0 Å². The van der Waals surface area contributed by atoms with E-state index >= 15 is 0 Å². The maximum Gasteiger partial charge on any atom is 0.272 e. The highest BCUT2D eigenvalue weighted by Gasteiger charge is 2.26. The van der Waals surface area contributed by atoms with E-state index in [1.54, 1.807) is 4.68 Å². The van der Waals surface area contributed by atoms with Crippen LogP contribution in [0.3, 0.4) is 0 Å². The minimum atomic E-state index is -0.117. The molecule has 0 spiro atoms. The maximum absolute atomic E-state index is 12.4. The number of rotatable bonds is 2. The van der Waals surface area contributed by atoms with Gasteiger partial charge in [-0.3, -0.25) is 9.48 Å². The monoisotopic (exact) mass is 282 g/mol. The molecule has 1 aliphatic rings. The number of aromatic nitrogens is 2. The minimum Gasteiger partial charge on any atom is -0.345 e. The standard InChI is InChI=1S/C16H18N4O/c1-10(2)20-15-14(11(3)19-20)18-13(9-17-16(15)21)12-7-5-4-6-8-12/h4-8,10H,9H2,1-3H3,(H,17,21). The summed E-state index contributed by atoms with van der Waals surface area (Å²) in [6.07, 6.45) is 0. The molecule has 3 rings (SSSR count). The summed E-state index contributed by atoms with van der Waals surface area (Å²) in [5.41, 5.74) is 3.88. The summed E-state index contributed by atoms with van der Waals surface area (Å²) in [5, 5.41) is 7.39. The molecule has 1 aromatic carbocycles. The number of benzene rings is 1. The quantitative estimate of drug-likeness (QED) is 0.920.